The quantitative estimate of drug-likeness (QED) is 0.789. The molecule has 2 nitrogen and oxygen atoms in total. The fourth-order valence-corrected chi connectivity index (χ4v) is 3.50. The Balaban J connectivity index is 2.09. The molecule has 1 aromatic carbocycles. The molecule has 0 radical (unpaired) electrons. The lowest BCUT2D eigenvalue weighted by Crippen LogP contribution is -2.09. The maximum absolute atomic E-state index is 9.70. The SMILES string of the molecule is C#CCOc1ccc(Cc2cc(C(C)C(C)O)sc2Cl)cc1. The molecule has 0 aliphatic rings. The third-order valence-electron chi connectivity index (χ3n) is 3.59. The first kappa shape index (κ1) is 16.9. The van der Waals surface area contributed by atoms with Gasteiger partial charge in [0.15, 0.2) is 0 Å². The molecule has 4 heteroatoms. The highest BCUT2D eigenvalue weighted by atomic mass is 35.5. The van der Waals surface area contributed by atoms with Gasteiger partial charge in [-0.05, 0) is 42.7 Å². The number of rotatable bonds is 6. The normalized spacial score (nSPS) is 13.4. The topological polar surface area (TPSA) is 29.5 Å². The zero-order valence-electron chi connectivity index (χ0n) is 12.7. The number of aliphatic hydroxyl groups is 1. The Kier molecular flexibility index (Phi) is 5.90. The highest BCUT2D eigenvalue weighted by Crippen LogP contribution is 2.35. The van der Waals surface area contributed by atoms with Gasteiger partial charge in [-0.3, -0.25) is 0 Å². The van der Waals surface area contributed by atoms with Crippen molar-refractivity contribution < 1.29 is 9.84 Å². The van der Waals surface area contributed by atoms with Crippen LogP contribution in [-0.4, -0.2) is 17.8 Å². The van der Waals surface area contributed by atoms with Crippen LogP contribution in [0, 0.1) is 12.3 Å². The number of benzene rings is 1. The van der Waals surface area contributed by atoms with E-state index in [1.807, 2.05) is 31.2 Å². The molecule has 2 atom stereocenters. The van der Waals surface area contributed by atoms with E-state index in [2.05, 4.69) is 12.0 Å². The van der Waals surface area contributed by atoms with Crippen molar-refractivity contribution in [2.75, 3.05) is 6.61 Å². The summed E-state index contributed by atoms with van der Waals surface area (Å²) in [5.41, 5.74) is 2.25. The molecule has 0 saturated heterocycles. The second kappa shape index (κ2) is 7.69. The lowest BCUT2D eigenvalue weighted by Gasteiger charge is -2.11. The summed E-state index contributed by atoms with van der Waals surface area (Å²) >= 11 is 7.88. The third-order valence-corrected chi connectivity index (χ3v) is 5.23. The van der Waals surface area contributed by atoms with Crippen LogP contribution in [0.2, 0.25) is 4.34 Å². The van der Waals surface area contributed by atoms with E-state index < -0.39 is 0 Å². The van der Waals surface area contributed by atoms with Gasteiger partial charge in [-0.1, -0.05) is 36.6 Å². The summed E-state index contributed by atoms with van der Waals surface area (Å²) < 4.78 is 6.15. The largest absolute Gasteiger partial charge is 0.481 e. The Bertz CT molecular complexity index is 653. The lowest BCUT2D eigenvalue weighted by molar-refractivity contribution is 0.170. The number of hydrogen-bond acceptors (Lipinski definition) is 3. The minimum atomic E-state index is -0.379. The van der Waals surface area contributed by atoms with Crippen molar-refractivity contribution in [2.24, 2.45) is 0 Å². The molecule has 0 saturated carbocycles. The third kappa shape index (κ3) is 4.27. The molecule has 0 aliphatic heterocycles. The van der Waals surface area contributed by atoms with Crippen LogP contribution in [0.3, 0.4) is 0 Å². The number of hydrogen-bond donors (Lipinski definition) is 1. The van der Waals surface area contributed by atoms with E-state index >= 15 is 0 Å². The van der Waals surface area contributed by atoms with Crippen LogP contribution in [0.15, 0.2) is 30.3 Å². The molecule has 0 bridgehead atoms. The molecule has 2 aromatic rings. The Morgan fingerprint density at radius 1 is 1.32 bits per heavy atom. The van der Waals surface area contributed by atoms with Crippen molar-refractivity contribution in [3.63, 3.8) is 0 Å². The number of terminal acetylenes is 1. The molecule has 22 heavy (non-hydrogen) atoms. The molecule has 0 amide bonds. The van der Waals surface area contributed by atoms with Crippen LogP contribution in [0.5, 0.6) is 5.75 Å². The van der Waals surface area contributed by atoms with E-state index in [0.717, 1.165) is 32.5 Å². The van der Waals surface area contributed by atoms with Crippen LogP contribution in [0.1, 0.15) is 35.8 Å². The van der Waals surface area contributed by atoms with Crippen molar-refractivity contribution >= 4 is 22.9 Å². The van der Waals surface area contributed by atoms with Gasteiger partial charge in [0.05, 0.1) is 10.4 Å². The number of aliphatic hydroxyl groups excluding tert-OH is 1. The molecule has 1 N–H and O–H groups in total. The summed E-state index contributed by atoms with van der Waals surface area (Å²) in [6, 6.07) is 9.93. The van der Waals surface area contributed by atoms with Crippen molar-refractivity contribution in [3.05, 3.63) is 50.7 Å². The second-order valence-electron chi connectivity index (χ2n) is 5.29. The Morgan fingerprint density at radius 3 is 2.59 bits per heavy atom. The number of ether oxygens (including phenoxy) is 1. The molecule has 1 aromatic heterocycles. The van der Waals surface area contributed by atoms with Crippen LogP contribution < -0.4 is 4.74 Å². The standard InChI is InChI=1S/C18H19ClO2S/c1-4-9-21-16-7-5-14(6-8-16)10-15-11-17(22-18(15)19)12(2)13(3)20/h1,5-8,11-13,20H,9-10H2,2-3H3. The first-order valence-corrected chi connectivity index (χ1v) is 8.32. The average molecular weight is 335 g/mol. The molecule has 2 unspecified atom stereocenters. The van der Waals surface area contributed by atoms with Crippen molar-refractivity contribution in [1.82, 2.24) is 0 Å². The van der Waals surface area contributed by atoms with Gasteiger partial charge in [-0.25, -0.2) is 0 Å². The van der Waals surface area contributed by atoms with Crippen molar-refractivity contribution in [2.45, 2.75) is 32.3 Å². The number of halogens is 1. The van der Waals surface area contributed by atoms with E-state index in [-0.39, 0.29) is 18.6 Å². The van der Waals surface area contributed by atoms with Gasteiger partial charge in [0.1, 0.15) is 12.4 Å². The van der Waals surface area contributed by atoms with Crippen LogP contribution in [-0.2, 0) is 6.42 Å². The lowest BCUT2D eigenvalue weighted by atomic mass is 10.0. The minimum absolute atomic E-state index is 0.0933. The van der Waals surface area contributed by atoms with Crippen molar-refractivity contribution in [3.8, 4) is 18.1 Å². The van der Waals surface area contributed by atoms with Crippen LogP contribution >= 0.6 is 22.9 Å². The summed E-state index contributed by atoms with van der Waals surface area (Å²) in [7, 11) is 0. The summed E-state index contributed by atoms with van der Waals surface area (Å²) in [6.07, 6.45) is 5.55. The minimum Gasteiger partial charge on any atom is -0.481 e. The average Bonchev–Trinajstić information content (AvgIpc) is 2.86. The predicted octanol–water partition coefficient (Wildman–Crippen LogP) is 4.49. The summed E-state index contributed by atoms with van der Waals surface area (Å²) in [4.78, 5) is 1.11. The smallest absolute Gasteiger partial charge is 0.148 e. The van der Waals surface area contributed by atoms with Gasteiger partial charge < -0.3 is 9.84 Å². The Morgan fingerprint density at radius 2 is 2.00 bits per heavy atom. The van der Waals surface area contributed by atoms with E-state index in [0.29, 0.717) is 0 Å². The molecule has 116 valence electrons. The maximum atomic E-state index is 9.70. The Hall–Kier alpha value is -1.47. The number of thiophene rings is 1. The fourth-order valence-electron chi connectivity index (χ4n) is 2.06. The molecule has 0 spiro atoms. The zero-order valence-corrected chi connectivity index (χ0v) is 14.2. The van der Waals surface area contributed by atoms with Crippen LogP contribution in [0.4, 0.5) is 0 Å². The van der Waals surface area contributed by atoms with Gasteiger partial charge in [0.2, 0.25) is 0 Å². The van der Waals surface area contributed by atoms with Crippen LogP contribution in [0.25, 0.3) is 0 Å². The highest BCUT2D eigenvalue weighted by molar-refractivity contribution is 7.16. The van der Waals surface area contributed by atoms with Gasteiger partial charge >= 0.3 is 0 Å². The first-order chi connectivity index (χ1) is 10.5. The molecule has 0 aliphatic carbocycles. The van der Waals surface area contributed by atoms with E-state index in [9.17, 15) is 5.11 Å². The summed E-state index contributed by atoms with van der Waals surface area (Å²) in [5.74, 6) is 3.30. The molecular formula is C18H19ClO2S. The first-order valence-electron chi connectivity index (χ1n) is 7.12. The fraction of sp³-hybridized carbons (Fsp3) is 0.333. The predicted molar refractivity (Wildman–Crippen MR) is 93.0 cm³/mol. The summed E-state index contributed by atoms with van der Waals surface area (Å²) in [5, 5.41) is 9.70. The Labute approximate surface area is 140 Å². The van der Waals surface area contributed by atoms with Gasteiger partial charge in [0.25, 0.3) is 0 Å². The molecule has 1 heterocycles. The zero-order chi connectivity index (χ0) is 16.1. The summed E-state index contributed by atoms with van der Waals surface area (Å²) in [6.45, 7) is 4.08. The van der Waals surface area contributed by atoms with Gasteiger partial charge in [-0.2, -0.15) is 0 Å². The monoisotopic (exact) mass is 334 g/mol. The molecule has 2 rings (SSSR count). The van der Waals surface area contributed by atoms with Gasteiger partial charge in [-0.15, -0.1) is 17.8 Å². The highest BCUT2D eigenvalue weighted by Gasteiger charge is 2.16. The van der Waals surface area contributed by atoms with Crippen molar-refractivity contribution in [1.29, 1.82) is 0 Å². The van der Waals surface area contributed by atoms with E-state index in [4.69, 9.17) is 22.8 Å². The van der Waals surface area contributed by atoms with Gasteiger partial charge in [0, 0.05) is 10.8 Å². The second-order valence-corrected chi connectivity index (χ2v) is 6.98. The van der Waals surface area contributed by atoms with E-state index in [1.54, 1.807) is 18.3 Å². The maximum Gasteiger partial charge on any atom is 0.148 e. The van der Waals surface area contributed by atoms with E-state index in [1.165, 1.54) is 0 Å². The molecule has 0 fully saturated rings. The molecular weight excluding hydrogens is 316 g/mol.